The maximum Gasteiger partial charge on any atom is 0.330 e. The van der Waals surface area contributed by atoms with Crippen LogP contribution in [0.15, 0.2) is 23.9 Å². The Kier molecular flexibility index (Phi) is 6.05. The molecule has 7 nitrogen and oxygen atoms in total. The lowest BCUT2D eigenvalue weighted by Gasteiger charge is -2.19. The molecule has 0 saturated heterocycles. The molecule has 0 bridgehead atoms. The Morgan fingerprint density at radius 3 is 2.62 bits per heavy atom. The molecule has 0 aliphatic carbocycles. The highest BCUT2D eigenvalue weighted by Crippen LogP contribution is 2.33. The average molecular weight is 480 g/mol. The van der Waals surface area contributed by atoms with E-state index in [1.54, 1.807) is 6.07 Å². The molecule has 24 heavy (non-hydrogen) atoms. The molecule has 0 saturated carbocycles. The van der Waals surface area contributed by atoms with E-state index in [-0.39, 0.29) is 17.4 Å². The average Bonchev–Trinajstić information content (AvgIpc) is 2.85. The van der Waals surface area contributed by atoms with Crippen molar-refractivity contribution >= 4 is 60.6 Å². The molecule has 10 heteroatoms. The molecule has 0 fully saturated rings. The molecule has 0 spiro atoms. The summed E-state index contributed by atoms with van der Waals surface area (Å²) in [5.41, 5.74) is 4.72. The van der Waals surface area contributed by atoms with Crippen molar-refractivity contribution in [1.82, 2.24) is 9.55 Å². The molecular formula is C14H16Br2N4O3S. The fourth-order valence-corrected chi connectivity index (χ4v) is 4.17. The normalized spacial score (nSPS) is 10.8. The van der Waals surface area contributed by atoms with Crippen LogP contribution < -0.4 is 21.9 Å². The van der Waals surface area contributed by atoms with Gasteiger partial charge in [0.05, 0.1) is 8.66 Å². The number of hydrogen-bond donors (Lipinski definition) is 2. The number of rotatable bonds is 5. The van der Waals surface area contributed by atoms with Gasteiger partial charge in [0.1, 0.15) is 5.82 Å². The zero-order valence-corrected chi connectivity index (χ0v) is 17.0. The van der Waals surface area contributed by atoms with Crippen LogP contribution in [0.5, 0.6) is 0 Å². The number of unbranched alkanes of at least 4 members (excludes halogenated alkanes) is 1. The Morgan fingerprint density at radius 2 is 2.08 bits per heavy atom. The Labute approximate surface area is 158 Å². The summed E-state index contributed by atoms with van der Waals surface area (Å²) < 4.78 is 2.80. The molecule has 1 amide bonds. The van der Waals surface area contributed by atoms with Crippen LogP contribution in [0.1, 0.15) is 29.4 Å². The van der Waals surface area contributed by atoms with Gasteiger partial charge in [0.15, 0.2) is 5.69 Å². The lowest BCUT2D eigenvalue weighted by atomic mass is 10.3. The van der Waals surface area contributed by atoms with E-state index in [1.807, 2.05) is 6.92 Å². The van der Waals surface area contributed by atoms with Crippen molar-refractivity contribution in [2.24, 2.45) is 0 Å². The Hall–Kier alpha value is -1.39. The molecule has 0 aromatic carbocycles. The summed E-state index contributed by atoms with van der Waals surface area (Å²) >= 11 is 7.89. The van der Waals surface area contributed by atoms with Crippen molar-refractivity contribution in [2.75, 3.05) is 17.7 Å². The fraction of sp³-hybridized carbons (Fsp3) is 0.357. The van der Waals surface area contributed by atoms with Crippen molar-refractivity contribution in [1.29, 1.82) is 0 Å². The highest BCUT2D eigenvalue weighted by atomic mass is 79.9. The Balaban J connectivity index is 2.48. The lowest BCUT2D eigenvalue weighted by Crippen LogP contribution is -2.39. The molecule has 0 radical (unpaired) electrons. The highest BCUT2D eigenvalue weighted by molar-refractivity contribution is 9.13. The first-order valence-electron chi connectivity index (χ1n) is 7.13. The van der Waals surface area contributed by atoms with Crippen LogP contribution in [0.2, 0.25) is 0 Å². The van der Waals surface area contributed by atoms with Crippen molar-refractivity contribution in [2.45, 2.75) is 26.3 Å². The molecule has 0 unspecified atom stereocenters. The van der Waals surface area contributed by atoms with Gasteiger partial charge >= 0.3 is 5.69 Å². The summed E-state index contributed by atoms with van der Waals surface area (Å²) in [4.78, 5) is 40.6. The third-order valence-corrected chi connectivity index (χ3v) is 6.69. The van der Waals surface area contributed by atoms with E-state index in [2.05, 4.69) is 36.8 Å². The Bertz CT molecular complexity index is 868. The summed E-state index contributed by atoms with van der Waals surface area (Å²) in [5.74, 6) is -0.396. The second kappa shape index (κ2) is 7.66. The molecule has 0 aliphatic heterocycles. The molecule has 2 rings (SSSR count). The smallest absolute Gasteiger partial charge is 0.330 e. The van der Waals surface area contributed by atoms with Gasteiger partial charge in [-0.05, 0) is 44.3 Å². The number of halogens is 2. The van der Waals surface area contributed by atoms with Crippen LogP contribution in [0.4, 0.5) is 11.5 Å². The maximum absolute atomic E-state index is 12.6. The second-order valence-electron chi connectivity index (χ2n) is 5.09. The van der Waals surface area contributed by atoms with Crippen LogP contribution in [-0.2, 0) is 6.54 Å². The first-order valence-corrected chi connectivity index (χ1v) is 9.53. The minimum absolute atomic E-state index is 0.0114. The summed E-state index contributed by atoms with van der Waals surface area (Å²) in [7, 11) is 1.46. The van der Waals surface area contributed by atoms with Crippen molar-refractivity contribution in [3.63, 3.8) is 0 Å². The van der Waals surface area contributed by atoms with E-state index in [9.17, 15) is 14.4 Å². The van der Waals surface area contributed by atoms with Crippen LogP contribution in [0.25, 0.3) is 0 Å². The monoisotopic (exact) mass is 478 g/mol. The fourth-order valence-electron chi connectivity index (χ4n) is 2.16. The van der Waals surface area contributed by atoms with Gasteiger partial charge in [-0.25, -0.2) is 4.79 Å². The largest absolute Gasteiger partial charge is 0.383 e. The minimum Gasteiger partial charge on any atom is -0.383 e. The number of amides is 1. The number of anilines is 2. The van der Waals surface area contributed by atoms with Crippen molar-refractivity contribution in [3.05, 3.63) is 40.0 Å². The number of carbonyl (C=O) groups excluding carboxylic acids is 1. The summed E-state index contributed by atoms with van der Waals surface area (Å²) in [5, 5.41) is 0. The van der Waals surface area contributed by atoms with Gasteiger partial charge in [-0.1, -0.05) is 13.3 Å². The number of aromatic nitrogens is 2. The molecule has 2 heterocycles. The zero-order chi connectivity index (χ0) is 18.0. The van der Waals surface area contributed by atoms with Crippen LogP contribution in [-0.4, -0.2) is 22.5 Å². The van der Waals surface area contributed by atoms with Gasteiger partial charge in [0.25, 0.3) is 11.5 Å². The third kappa shape index (κ3) is 3.65. The van der Waals surface area contributed by atoms with Crippen molar-refractivity contribution in [3.8, 4) is 0 Å². The molecular weight excluding hydrogens is 464 g/mol. The van der Waals surface area contributed by atoms with Gasteiger partial charge in [0, 0.05) is 18.1 Å². The predicted molar refractivity (Wildman–Crippen MR) is 103 cm³/mol. The van der Waals surface area contributed by atoms with E-state index in [0.29, 0.717) is 11.4 Å². The van der Waals surface area contributed by atoms with Gasteiger partial charge < -0.3 is 10.6 Å². The van der Waals surface area contributed by atoms with E-state index in [0.717, 1.165) is 21.1 Å². The standard InChI is InChI=1S/C14H16Br2N4O3S/c1-3-4-5-20-11(17)9(12(21)18-14(20)23)19(2)13(22)8-6-7(15)10(16)24-8/h6H,3-5,17H2,1-2H3,(H,18,21,23). The van der Waals surface area contributed by atoms with E-state index < -0.39 is 11.2 Å². The first kappa shape index (κ1) is 18.9. The van der Waals surface area contributed by atoms with Gasteiger partial charge in [0.2, 0.25) is 0 Å². The van der Waals surface area contributed by atoms with Crippen LogP contribution in [0.3, 0.4) is 0 Å². The molecule has 0 aliphatic rings. The summed E-state index contributed by atoms with van der Waals surface area (Å²) in [6, 6.07) is 1.66. The predicted octanol–water partition coefficient (Wildman–Crippen LogP) is 2.78. The second-order valence-corrected chi connectivity index (χ2v) is 8.32. The number of nitrogens with two attached hydrogens (primary N) is 1. The number of H-pyrrole nitrogens is 1. The number of nitrogens with zero attached hydrogens (tertiary/aromatic N) is 2. The first-order chi connectivity index (χ1) is 11.3. The number of carbonyl (C=O) groups is 1. The number of nitrogen functional groups attached to an aromatic ring is 1. The molecule has 2 aromatic rings. The van der Waals surface area contributed by atoms with Gasteiger partial charge in [-0.15, -0.1) is 11.3 Å². The topological polar surface area (TPSA) is 101 Å². The number of hydrogen-bond acceptors (Lipinski definition) is 5. The summed E-state index contributed by atoms with van der Waals surface area (Å²) in [6.45, 7) is 2.36. The molecule has 130 valence electrons. The number of aromatic amines is 1. The minimum atomic E-state index is -0.684. The van der Waals surface area contributed by atoms with Crippen LogP contribution >= 0.6 is 43.2 Å². The van der Waals surface area contributed by atoms with Crippen molar-refractivity contribution < 1.29 is 4.79 Å². The zero-order valence-electron chi connectivity index (χ0n) is 13.1. The summed E-state index contributed by atoms with van der Waals surface area (Å²) in [6.07, 6.45) is 1.60. The number of thiophene rings is 1. The molecule has 0 atom stereocenters. The SMILES string of the molecule is CCCCn1c(N)c(N(C)C(=O)c2cc(Br)c(Br)s2)c(=O)[nH]c1=O. The lowest BCUT2D eigenvalue weighted by molar-refractivity contribution is 0.0996. The quantitative estimate of drug-likeness (QED) is 0.688. The maximum atomic E-state index is 12.6. The van der Waals surface area contributed by atoms with Gasteiger partial charge in [-0.2, -0.15) is 0 Å². The third-order valence-electron chi connectivity index (χ3n) is 3.45. The Morgan fingerprint density at radius 1 is 1.42 bits per heavy atom. The van der Waals surface area contributed by atoms with E-state index >= 15 is 0 Å². The molecule has 3 N–H and O–H groups in total. The number of nitrogens with one attached hydrogen (secondary N) is 1. The highest BCUT2D eigenvalue weighted by Gasteiger charge is 2.23. The molecule has 2 aromatic heterocycles. The van der Waals surface area contributed by atoms with Crippen LogP contribution in [0, 0.1) is 0 Å². The van der Waals surface area contributed by atoms with E-state index in [1.165, 1.54) is 27.9 Å². The van der Waals surface area contributed by atoms with Gasteiger partial charge in [-0.3, -0.25) is 19.1 Å². The van der Waals surface area contributed by atoms with E-state index in [4.69, 9.17) is 5.73 Å².